The molecule has 0 radical (unpaired) electrons. The molecule has 0 spiro atoms. The van der Waals surface area contributed by atoms with Crippen LogP contribution in [0.4, 0.5) is 0 Å². The zero-order valence-electron chi connectivity index (χ0n) is 16.4. The van der Waals surface area contributed by atoms with E-state index in [0.717, 1.165) is 31.2 Å². The summed E-state index contributed by atoms with van der Waals surface area (Å²) >= 11 is 0. The van der Waals surface area contributed by atoms with Crippen molar-refractivity contribution in [2.45, 2.75) is 70.0 Å². The molecule has 1 N–H and O–H groups in total. The molecule has 0 aromatic heterocycles. The predicted octanol–water partition coefficient (Wildman–Crippen LogP) is 2.47. The maximum Gasteiger partial charge on any atom is 0.251 e. The molecule has 2 aliphatic heterocycles. The summed E-state index contributed by atoms with van der Waals surface area (Å²) in [6.45, 7) is 1.27. The molecule has 1 saturated carbocycles. The van der Waals surface area contributed by atoms with Crippen LogP contribution in [-0.2, 0) is 16.1 Å². The van der Waals surface area contributed by atoms with Crippen LogP contribution in [0.15, 0.2) is 24.3 Å². The van der Waals surface area contributed by atoms with E-state index in [0.29, 0.717) is 18.7 Å². The lowest BCUT2D eigenvalue weighted by Gasteiger charge is -2.36. The summed E-state index contributed by atoms with van der Waals surface area (Å²) in [4.78, 5) is 40.8. The molecule has 1 aromatic rings. The zero-order valence-corrected chi connectivity index (χ0v) is 16.4. The molecule has 28 heavy (non-hydrogen) atoms. The fourth-order valence-corrected chi connectivity index (χ4v) is 4.67. The molecule has 0 bridgehead atoms. The number of nitrogens with zero attached hydrogens (tertiary/aromatic N) is 2. The number of carbonyl (C=O) groups is 3. The van der Waals surface area contributed by atoms with E-state index >= 15 is 0 Å². The number of rotatable bonds is 4. The summed E-state index contributed by atoms with van der Waals surface area (Å²) in [6, 6.07) is 7.42. The van der Waals surface area contributed by atoms with Crippen LogP contribution < -0.4 is 5.32 Å². The van der Waals surface area contributed by atoms with Gasteiger partial charge in [-0.2, -0.15) is 0 Å². The van der Waals surface area contributed by atoms with Gasteiger partial charge in [-0.25, -0.2) is 0 Å². The quantitative estimate of drug-likeness (QED) is 0.812. The first-order valence-corrected chi connectivity index (χ1v) is 10.6. The van der Waals surface area contributed by atoms with Crippen molar-refractivity contribution in [2.75, 3.05) is 13.1 Å². The SMILES string of the molecule is O=C(NC1CCCCCC1)c1ccc(CN2CC(=O)N3CCC[C@@H]3C2=O)cc1. The van der Waals surface area contributed by atoms with Gasteiger partial charge in [0.05, 0.1) is 0 Å². The average Bonchev–Trinajstić information content (AvgIpc) is 3.06. The fraction of sp³-hybridized carbons (Fsp3) is 0.591. The van der Waals surface area contributed by atoms with E-state index in [1.165, 1.54) is 25.7 Å². The van der Waals surface area contributed by atoms with Crippen LogP contribution in [0.3, 0.4) is 0 Å². The second-order valence-corrected chi connectivity index (χ2v) is 8.30. The van der Waals surface area contributed by atoms with Gasteiger partial charge in [0.1, 0.15) is 12.6 Å². The maximum atomic E-state index is 12.6. The van der Waals surface area contributed by atoms with Crippen LogP contribution in [-0.4, -0.2) is 52.7 Å². The minimum absolute atomic E-state index is 0.0238. The second-order valence-electron chi connectivity index (χ2n) is 8.30. The van der Waals surface area contributed by atoms with Crippen molar-refractivity contribution >= 4 is 17.7 Å². The molecule has 1 aromatic carbocycles. The van der Waals surface area contributed by atoms with Gasteiger partial charge >= 0.3 is 0 Å². The van der Waals surface area contributed by atoms with Crippen molar-refractivity contribution in [2.24, 2.45) is 0 Å². The largest absolute Gasteiger partial charge is 0.349 e. The zero-order chi connectivity index (χ0) is 19.5. The summed E-state index contributed by atoms with van der Waals surface area (Å²) in [5.74, 6) is 0.0676. The fourth-order valence-electron chi connectivity index (χ4n) is 4.67. The van der Waals surface area contributed by atoms with E-state index in [4.69, 9.17) is 0 Å². The molecule has 2 saturated heterocycles. The molecular weight excluding hydrogens is 354 g/mol. The van der Waals surface area contributed by atoms with Gasteiger partial charge in [0.2, 0.25) is 11.8 Å². The predicted molar refractivity (Wildman–Crippen MR) is 106 cm³/mol. The third-order valence-corrected chi connectivity index (χ3v) is 6.28. The summed E-state index contributed by atoms with van der Waals surface area (Å²) in [5, 5.41) is 3.16. The van der Waals surface area contributed by atoms with Crippen LogP contribution in [0.1, 0.15) is 67.3 Å². The summed E-state index contributed by atoms with van der Waals surface area (Å²) < 4.78 is 0. The van der Waals surface area contributed by atoms with E-state index in [-0.39, 0.29) is 36.3 Å². The molecule has 4 rings (SSSR count). The van der Waals surface area contributed by atoms with Gasteiger partial charge in [-0.15, -0.1) is 0 Å². The van der Waals surface area contributed by atoms with Crippen molar-refractivity contribution in [3.05, 3.63) is 35.4 Å². The Morgan fingerprint density at radius 2 is 1.68 bits per heavy atom. The van der Waals surface area contributed by atoms with Gasteiger partial charge in [0.25, 0.3) is 5.91 Å². The third-order valence-electron chi connectivity index (χ3n) is 6.28. The summed E-state index contributed by atoms with van der Waals surface area (Å²) in [7, 11) is 0. The Balaban J connectivity index is 1.36. The van der Waals surface area contributed by atoms with E-state index in [1.54, 1.807) is 9.80 Å². The number of amides is 3. The first-order valence-electron chi connectivity index (χ1n) is 10.6. The number of nitrogens with one attached hydrogen (secondary N) is 1. The highest BCUT2D eigenvalue weighted by Gasteiger charge is 2.41. The molecule has 1 aliphatic carbocycles. The Morgan fingerprint density at radius 3 is 2.39 bits per heavy atom. The molecule has 0 unspecified atom stereocenters. The molecule has 150 valence electrons. The van der Waals surface area contributed by atoms with Crippen molar-refractivity contribution in [1.29, 1.82) is 0 Å². The van der Waals surface area contributed by atoms with Gasteiger partial charge in [0, 0.05) is 24.7 Å². The van der Waals surface area contributed by atoms with Gasteiger partial charge in [-0.3, -0.25) is 14.4 Å². The normalized spacial score (nSPS) is 23.5. The second kappa shape index (κ2) is 8.33. The standard InChI is InChI=1S/C22H29N3O3/c26-20-15-24(22(28)19-8-5-13-25(19)20)14-16-9-11-17(12-10-16)21(27)23-18-6-3-1-2-4-7-18/h9-12,18-19H,1-8,13-15H2,(H,23,27)/t19-/m1/s1. The average molecular weight is 383 g/mol. The van der Waals surface area contributed by atoms with Gasteiger partial charge < -0.3 is 15.1 Å². The number of hydrogen-bond acceptors (Lipinski definition) is 3. The van der Waals surface area contributed by atoms with Gasteiger partial charge in [-0.05, 0) is 43.4 Å². The van der Waals surface area contributed by atoms with Gasteiger partial charge in [0.15, 0.2) is 0 Å². The minimum Gasteiger partial charge on any atom is -0.349 e. The Morgan fingerprint density at radius 1 is 0.964 bits per heavy atom. The molecular formula is C22H29N3O3. The smallest absolute Gasteiger partial charge is 0.251 e. The Hall–Kier alpha value is -2.37. The first-order chi connectivity index (χ1) is 13.6. The third kappa shape index (κ3) is 4.05. The van der Waals surface area contributed by atoms with Crippen LogP contribution in [0, 0.1) is 0 Å². The highest BCUT2D eigenvalue weighted by Crippen LogP contribution is 2.25. The van der Waals surface area contributed by atoms with Crippen molar-refractivity contribution in [3.8, 4) is 0 Å². The summed E-state index contributed by atoms with van der Waals surface area (Å²) in [6.07, 6.45) is 8.69. The van der Waals surface area contributed by atoms with E-state index in [1.807, 2.05) is 24.3 Å². The van der Waals surface area contributed by atoms with Crippen LogP contribution in [0.25, 0.3) is 0 Å². The maximum absolute atomic E-state index is 12.6. The number of hydrogen-bond donors (Lipinski definition) is 1. The van der Waals surface area contributed by atoms with Crippen molar-refractivity contribution in [1.82, 2.24) is 15.1 Å². The van der Waals surface area contributed by atoms with E-state index in [2.05, 4.69) is 5.32 Å². The molecule has 3 aliphatic rings. The monoisotopic (exact) mass is 383 g/mol. The molecule has 6 nitrogen and oxygen atoms in total. The van der Waals surface area contributed by atoms with Crippen LogP contribution in [0.2, 0.25) is 0 Å². The minimum atomic E-state index is -0.272. The van der Waals surface area contributed by atoms with Crippen molar-refractivity contribution in [3.63, 3.8) is 0 Å². The summed E-state index contributed by atoms with van der Waals surface area (Å²) in [5.41, 5.74) is 1.59. The molecule has 3 amide bonds. The lowest BCUT2D eigenvalue weighted by Crippen LogP contribution is -2.56. The number of benzene rings is 1. The number of carbonyl (C=O) groups excluding carboxylic acids is 3. The van der Waals surface area contributed by atoms with E-state index < -0.39 is 0 Å². The van der Waals surface area contributed by atoms with Crippen LogP contribution >= 0.6 is 0 Å². The Bertz CT molecular complexity index is 738. The molecule has 6 heteroatoms. The molecule has 1 atom stereocenters. The topological polar surface area (TPSA) is 69.7 Å². The highest BCUT2D eigenvalue weighted by atomic mass is 16.2. The van der Waals surface area contributed by atoms with Crippen LogP contribution in [0.5, 0.6) is 0 Å². The Labute approximate surface area is 166 Å². The molecule has 2 heterocycles. The lowest BCUT2D eigenvalue weighted by molar-refractivity contribution is -0.154. The first kappa shape index (κ1) is 19.0. The van der Waals surface area contributed by atoms with Gasteiger partial charge in [-0.1, -0.05) is 37.8 Å². The number of fused-ring (bicyclic) bond motifs is 1. The Kier molecular flexibility index (Phi) is 5.64. The number of piperazine rings is 1. The van der Waals surface area contributed by atoms with E-state index in [9.17, 15) is 14.4 Å². The lowest BCUT2D eigenvalue weighted by atomic mass is 10.1. The van der Waals surface area contributed by atoms with Crippen molar-refractivity contribution < 1.29 is 14.4 Å². The molecule has 3 fully saturated rings. The highest BCUT2D eigenvalue weighted by molar-refractivity contribution is 5.95.